The molecule has 1 saturated heterocycles. The molecule has 0 aromatic carbocycles. The van der Waals surface area contributed by atoms with Gasteiger partial charge in [-0.2, -0.15) is 0 Å². The Kier molecular flexibility index (Phi) is 4.35. The van der Waals surface area contributed by atoms with E-state index in [2.05, 4.69) is 17.3 Å². The molecule has 1 atom stereocenters. The molecule has 0 aromatic rings. The van der Waals surface area contributed by atoms with E-state index in [-0.39, 0.29) is 5.91 Å². The number of amides is 1. The maximum Gasteiger partial charge on any atom is 0.236 e. The molecule has 4 nitrogen and oxygen atoms in total. The number of likely N-dealkylation sites (N-methyl/N-ethyl adjacent to an activating group) is 3. The summed E-state index contributed by atoms with van der Waals surface area (Å²) in [6, 6.07) is 0.408. The minimum absolute atomic E-state index is 0.201. The Morgan fingerprint density at radius 2 is 2.36 bits per heavy atom. The fourth-order valence-electron chi connectivity index (χ4n) is 1.79. The maximum atomic E-state index is 11.6. The molecule has 1 unspecified atom stereocenters. The second kappa shape index (κ2) is 5.32. The van der Waals surface area contributed by atoms with Crippen molar-refractivity contribution in [1.29, 1.82) is 0 Å². The van der Waals surface area contributed by atoms with Crippen molar-refractivity contribution in [2.24, 2.45) is 0 Å². The van der Waals surface area contributed by atoms with Gasteiger partial charge in [-0.25, -0.2) is 0 Å². The molecule has 0 radical (unpaired) electrons. The predicted molar refractivity (Wildman–Crippen MR) is 57.2 cm³/mol. The van der Waals surface area contributed by atoms with Crippen LogP contribution < -0.4 is 5.32 Å². The van der Waals surface area contributed by atoms with Gasteiger partial charge in [0.05, 0.1) is 6.54 Å². The molecule has 4 heteroatoms. The lowest BCUT2D eigenvalue weighted by molar-refractivity contribution is -0.130. The maximum absolute atomic E-state index is 11.6. The number of nitrogens with zero attached hydrogens (tertiary/aromatic N) is 2. The van der Waals surface area contributed by atoms with Crippen LogP contribution in [-0.2, 0) is 4.79 Å². The van der Waals surface area contributed by atoms with Crippen LogP contribution in [0.15, 0.2) is 0 Å². The number of carbonyl (C=O) groups is 1. The summed E-state index contributed by atoms with van der Waals surface area (Å²) >= 11 is 0. The molecule has 0 aromatic heterocycles. The van der Waals surface area contributed by atoms with Crippen molar-refractivity contribution in [3.05, 3.63) is 0 Å². The van der Waals surface area contributed by atoms with E-state index in [9.17, 15) is 4.79 Å². The van der Waals surface area contributed by atoms with Crippen LogP contribution in [0.25, 0.3) is 0 Å². The smallest absolute Gasteiger partial charge is 0.236 e. The normalized spacial score (nSPS) is 22.6. The van der Waals surface area contributed by atoms with Gasteiger partial charge in [0.25, 0.3) is 0 Å². The summed E-state index contributed by atoms with van der Waals surface area (Å²) in [6.45, 7) is 5.44. The molecule has 14 heavy (non-hydrogen) atoms. The Balaban J connectivity index is 2.32. The number of nitrogens with one attached hydrogen (secondary N) is 1. The SMILES string of the molecule is CCNCC(=O)N(C)C1CCN(C)C1. The lowest BCUT2D eigenvalue weighted by Gasteiger charge is -2.24. The van der Waals surface area contributed by atoms with Crippen LogP contribution in [0, 0.1) is 0 Å². The summed E-state index contributed by atoms with van der Waals surface area (Å²) in [5.74, 6) is 0.201. The van der Waals surface area contributed by atoms with Gasteiger partial charge in [0.2, 0.25) is 5.91 Å². The first kappa shape index (κ1) is 11.5. The molecule has 0 bridgehead atoms. The fraction of sp³-hybridized carbons (Fsp3) is 0.900. The monoisotopic (exact) mass is 199 g/mol. The highest BCUT2D eigenvalue weighted by molar-refractivity contribution is 5.78. The van der Waals surface area contributed by atoms with E-state index in [1.807, 2.05) is 18.9 Å². The van der Waals surface area contributed by atoms with Gasteiger partial charge in [-0.05, 0) is 26.6 Å². The largest absolute Gasteiger partial charge is 0.340 e. The number of rotatable bonds is 4. The van der Waals surface area contributed by atoms with E-state index in [0.29, 0.717) is 12.6 Å². The van der Waals surface area contributed by atoms with Crippen LogP contribution in [0.5, 0.6) is 0 Å². The number of hydrogen-bond donors (Lipinski definition) is 1. The zero-order valence-electron chi connectivity index (χ0n) is 9.42. The van der Waals surface area contributed by atoms with Gasteiger partial charge in [0, 0.05) is 19.6 Å². The van der Waals surface area contributed by atoms with Gasteiger partial charge in [0.1, 0.15) is 0 Å². The Morgan fingerprint density at radius 3 is 2.86 bits per heavy atom. The second-order valence-corrected chi connectivity index (χ2v) is 3.99. The van der Waals surface area contributed by atoms with Gasteiger partial charge in [-0.1, -0.05) is 6.92 Å². The summed E-state index contributed by atoms with van der Waals surface area (Å²) in [6.07, 6.45) is 1.10. The van der Waals surface area contributed by atoms with Crippen LogP contribution in [0.1, 0.15) is 13.3 Å². The van der Waals surface area contributed by atoms with Crippen LogP contribution in [-0.4, -0.2) is 62.0 Å². The van der Waals surface area contributed by atoms with Crippen LogP contribution >= 0.6 is 0 Å². The molecule has 82 valence electrons. The average Bonchev–Trinajstić information content (AvgIpc) is 2.60. The quantitative estimate of drug-likeness (QED) is 0.678. The first-order valence-corrected chi connectivity index (χ1v) is 5.30. The van der Waals surface area contributed by atoms with Gasteiger partial charge in [-0.3, -0.25) is 4.79 Å². The van der Waals surface area contributed by atoms with Crippen molar-refractivity contribution >= 4 is 5.91 Å². The molecule has 1 aliphatic heterocycles. The minimum Gasteiger partial charge on any atom is -0.340 e. The molecule has 1 aliphatic rings. The van der Waals surface area contributed by atoms with E-state index in [1.165, 1.54) is 0 Å². The van der Waals surface area contributed by atoms with E-state index >= 15 is 0 Å². The number of hydrogen-bond acceptors (Lipinski definition) is 3. The molecule has 1 rings (SSSR count). The molecule has 0 spiro atoms. The van der Waals surface area contributed by atoms with Gasteiger partial charge < -0.3 is 15.1 Å². The number of carbonyl (C=O) groups excluding carboxylic acids is 1. The van der Waals surface area contributed by atoms with Gasteiger partial charge >= 0.3 is 0 Å². The first-order valence-electron chi connectivity index (χ1n) is 5.30. The zero-order chi connectivity index (χ0) is 10.6. The van der Waals surface area contributed by atoms with Crippen molar-refractivity contribution in [2.75, 3.05) is 40.3 Å². The lowest BCUT2D eigenvalue weighted by Crippen LogP contribution is -2.43. The Labute approximate surface area is 86.2 Å². The topological polar surface area (TPSA) is 35.6 Å². The van der Waals surface area contributed by atoms with Crippen LogP contribution in [0.2, 0.25) is 0 Å². The van der Waals surface area contributed by atoms with Gasteiger partial charge in [-0.15, -0.1) is 0 Å². The third-order valence-corrected chi connectivity index (χ3v) is 2.83. The third-order valence-electron chi connectivity index (χ3n) is 2.83. The summed E-state index contributed by atoms with van der Waals surface area (Å²) in [5, 5.41) is 3.06. The Hall–Kier alpha value is -0.610. The third kappa shape index (κ3) is 2.96. The van der Waals surface area contributed by atoms with E-state index < -0.39 is 0 Å². The van der Waals surface area contributed by atoms with E-state index in [1.54, 1.807) is 0 Å². The summed E-state index contributed by atoms with van der Waals surface area (Å²) < 4.78 is 0. The standard InChI is InChI=1S/C10H21N3O/c1-4-11-7-10(14)13(3)9-5-6-12(2)8-9/h9,11H,4-8H2,1-3H3. The molecule has 1 heterocycles. The molecule has 1 fully saturated rings. The molecular formula is C10H21N3O. The van der Waals surface area contributed by atoms with Gasteiger partial charge in [0.15, 0.2) is 0 Å². The fourth-order valence-corrected chi connectivity index (χ4v) is 1.79. The lowest BCUT2D eigenvalue weighted by atomic mass is 10.2. The molecule has 0 aliphatic carbocycles. The highest BCUT2D eigenvalue weighted by atomic mass is 16.2. The first-order chi connectivity index (χ1) is 6.65. The van der Waals surface area contributed by atoms with Crippen molar-refractivity contribution in [3.8, 4) is 0 Å². The van der Waals surface area contributed by atoms with E-state index in [4.69, 9.17) is 0 Å². The molecule has 0 saturated carbocycles. The van der Waals surface area contributed by atoms with Crippen molar-refractivity contribution in [2.45, 2.75) is 19.4 Å². The van der Waals surface area contributed by atoms with E-state index in [0.717, 1.165) is 26.1 Å². The van der Waals surface area contributed by atoms with Crippen molar-refractivity contribution in [1.82, 2.24) is 15.1 Å². The highest BCUT2D eigenvalue weighted by Crippen LogP contribution is 2.12. The Bertz CT molecular complexity index is 196. The zero-order valence-corrected chi connectivity index (χ0v) is 9.42. The van der Waals surface area contributed by atoms with Crippen molar-refractivity contribution < 1.29 is 4.79 Å². The number of likely N-dealkylation sites (tertiary alicyclic amines) is 1. The van der Waals surface area contributed by atoms with Crippen molar-refractivity contribution in [3.63, 3.8) is 0 Å². The molecular weight excluding hydrogens is 178 g/mol. The minimum atomic E-state index is 0.201. The van der Waals surface area contributed by atoms with Crippen LogP contribution in [0.4, 0.5) is 0 Å². The predicted octanol–water partition coefficient (Wildman–Crippen LogP) is -0.242. The molecule has 1 amide bonds. The highest BCUT2D eigenvalue weighted by Gasteiger charge is 2.25. The average molecular weight is 199 g/mol. The summed E-state index contributed by atoms with van der Waals surface area (Å²) in [4.78, 5) is 15.8. The summed E-state index contributed by atoms with van der Waals surface area (Å²) in [7, 11) is 4.01. The second-order valence-electron chi connectivity index (χ2n) is 3.99. The Morgan fingerprint density at radius 1 is 1.64 bits per heavy atom. The molecule has 1 N–H and O–H groups in total. The van der Waals surface area contributed by atoms with Crippen LogP contribution in [0.3, 0.4) is 0 Å². The summed E-state index contributed by atoms with van der Waals surface area (Å²) in [5.41, 5.74) is 0.